The van der Waals surface area contributed by atoms with Gasteiger partial charge in [0.15, 0.2) is 5.78 Å². The van der Waals surface area contributed by atoms with Crippen LogP contribution in [0.2, 0.25) is 0 Å². The molecule has 2 rings (SSSR count). The average molecular weight is 192 g/mol. The lowest BCUT2D eigenvalue weighted by atomic mass is 10.1. The molecular weight excluding hydrogens is 180 g/mol. The molecule has 0 bridgehead atoms. The first-order chi connectivity index (χ1) is 6.88. The molecule has 0 aromatic carbocycles. The second-order valence-electron chi connectivity index (χ2n) is 3.16. The third-order valence-corrected chi connectivity index (χ3v) is 2.18. The summed E-state index contributed by atoms with van der Waals surface area (Å²) in [6, 6.07) is 3.42. The van der Waals surface area contributed by atoms with E-state index in [9.17, 15) is 4.79 Å². The summed E-state index contributed by atoms with van der Waals surface area (Å²) >= 11 is 0. The molecule has 1 aromatic heterocycles. The molecule has 1 saturated heterocycles. The van der Waals surface area contributed by atoms with Crippen molar-refractivity contribution in [2.24, 2.45) is 0 Å². The van der Waals surface area contributed by atoms with Gasteiger partial charge >= 0.3 is 0 Å². The van der Waals surface area contributed by atoms with Gasteiger partial charge in [-0.25, -0.2) is 0 Å². The van der Waals surface area contributed by atoms with Gasteiger partial charge in [0.1, 0.15) is 6.10 Å². The Labute approximate surface area is 82.3 Å². The molecule has 4 heteroatoms. The Kier molecular flexibility index (Phi) is 2.86. The summed E-state index contributed by atoms with van der Waals surface area (Å²) in [6.45, 7) is 2.02. The Hall–Kier alpha value is -1.26. The predicted molar refractivity (Wildman–Crippen MR) is 51.2 cm³/mol. The number of nitrogens with zero attached hydrogens (tertiary/aromatic N) is 1. The van der Waals surface area contributed by atoms with E-state index in [0.29, 0.717) is 18.7 Å². The highest BCUT2D eigenvalue weighted by molar-refractivity contribution is 5.99. The zero-order chi connectivity index (χ0) is 9.80. The van der Waals surface area contributed by atoms with E-state index in [1.54, 1.807) is 24.5 Å². The third-order valence-electron chi connectivity index (χ3n) is 2.18. The van der Waals surface area contributed by atoms with Crippen LogP contribution in [0.1, 0.15) is 10.4 Å². The van der Waals surface area contributed by atoms with E-state index in [2.05, 4.69) is 10.3 Å². The Bertz CT molecular complexity index is 307. The Morgan fingerprint density at radius 3 is 2.93 bits per heavy atom. The van der Waals surface area contributed by atoms with Crippen molar-refractivity contribution in [3.63, 3.8) is 0 Å². The van der Waals surface area contributed by atoms with Crippen LogP contribution in [0.5, 0.6) is 0 Å². The highest BCUT2D eigenvalue weighted by Crippen LogP contribution is 2.06. The van der Waals surface area contributed by atoms with Gasteiger partial charge < -0.3 is 10.1 Å². The predicted octanol–water partition coefficient (Wildman–Crippen LogP) is 0.253. The minimum Gasteiger partial charge on any atom is -0.367 e. The van der Waals surface area contributed by atoms with Crippen molar-refractivity contribution in [1.29, 1.82) is 0 Å². The van der Waals surface area contributed by atoms with Gasteiger partial charge in [-0.05, 0) is 12.1 Å². The molecule has 0 amide bonds. The number of hydrogen-bond acceptors (Lipinski definition) is 4. The van der Waals surface area contributed by atoms with E-state index in [1.807, 2.05) is 0 Å². The smallest absolute Gasteiger partial charge is 0.192 e. The fourth-order valence-electron chi connectivity index (χ4n) is 1.44. The van der Waals surface area contributed by atoms with Crippen molar-refractivity contribution in [2.45, 2.75) is 6.10 Å². The van der Waals surface area contributed by atoms with Gasteiger partial charge in [-0.15, -0.1) is 0 Å². The average Bonchev–Trinajstić information content (AvgIpc) is 2.30. The molecule has 0 radical (unpaired) electrons. The number of aromatic nitrogens is 1. The summed E-state index contributed by atoms with van der Waals surface area (Å²) in [5.74, 6) is 0.0274. The van der Waals surface area contributed by atoms with Crippen LogP contribution >= 0.6 is 0 Å². The number of carbonyl (C=O) groups is 1. The molecule has 74 valence electrons. The van der Waals surface area contributed by atoms with Crippen LogP contribution < -0.4 is 5.32 Å². The molecule has 1 aliphatic heterocycles. The van der Waals surface area contributed by atoms with Crippen molar-refractivity contribution < 1.29 is 9.53 Å². The number of Topliss-reactive ketones (excluding diaryl/α,β-unsaturated/α-hetero) is 1. The fourth-order valence-corrected chi connectivity index (χ4v) is 1.44. The molecule has 1 aromatic rings. The van der Waals surface area contributed by atoms with E-state index >= 15 is 0 Å². The molecular formula is C10H12N2O2. The molecule has 1 fully saturated rings. The third kappa shape index (κ3) is 1.97. The van der Waals surface area contributed by atoms with Crippen molar-refractivity contribution in [2.75, 3.05) is 19.7 Å². The first-order valence-corrected chi connectivity index (χ1v) is 4.64. The maximum absolute atomic E-state index is 11.8. The number of hydrogen-bond donors (Lipinski definition) is 1. The van der Waals surface area contributed by atoms with E-state index in [-0.39, 0.29) is 11.9 Å². The molecule has 14 heavy (non-hydrogen) atoms. The Morgan fingerprint density at radius 2 is 2.29 bits per heavy atom. The second kappa shape index (κ2) is 4.30. The zero-order valence-corrected chi connectivity index (χ0v) is 7.77. The number of nitrogens with one attached hydrogen (secondary N) is 1. The lowest BCUT2D eigenvalue weighted by Gasteiger charge is -2.22. The molecule has 1 unspecified atom stereocenters. The summed E-state index contributed by atoms with van der Waals surface area (Å²) in [4.78, 5) is 15.7. The van der Waals surface area contributed by atoms with Gasteiger partial charge in [-0.3, -0.25) is 9.78 Å². The number of carbonyl (C=O) groups excluding carboxylic acids is 1. The van der Waals surface area contributed by atoms with Crippen LogP contribution in [0.3, 0.4) is 0 Å². The number of rotatable bonds is 2. The van der Waals surface area contributed by atoms with Gasteiger partial charge in [0, 0.05) is 31.0 Å². The maximum atomic E-state index is 11.8. The Morgan fingerprint density at radius 1 is 1.50 bits per heavy atom. The number of pyridine rings is 1. The van der Waals surface area contributed by atoms with Crippen LogP contribution in [-0.4, -0.2) is 36.6 Å². The lowest BCUT2D eigenvalue weighted by molar-refractivity contribution is 0.0269. The van der Waals surface area contributed by atoms with Gasteiger partial charge in [0.25, 0.3) is 0 Å². The standard InChI is InChI=1S/C10H12N2O2/c13-10(8-1-3-11-4-2-8)9-7-12-5-6-14-9/h1-4,9,12H,5-7H2. The molecule has 0 saturated carbocycles. The highest BCUT2D eigenvalue weighted by atomic mass is 16.5. The number of morpholine rings is 1. The summed E-state index contributed by atoms with van der Waals surface area (Å²) in [7, 11) is 0. The van der Waals surface area contributed by atoms with E-state index in [0.717, 1.165) is 6.54 Å². The summed E-state index contributed by atoms with van der Waals surface area (Å²) in [5, 5.41) is 3.12. The maximum Gasteiger partial charge on any atom is 0.192 e. The first-order valence-electron chi connectivity index (χ1n) is 4.64. The number of ketones is 1. The van der Waals surface area contributed by atoms with Gasteiger partial charge in [-0.2, -0.15) is 0 Å². The lowest BCUT2D eigenvalue weighted by Crippen LogP contribution is -2.43. The molecule has 0 aliphatic carbocycles. The van der Waals surface area contributed by atoms with Crippen LogP contribution in [0.25, 0.3) is 0 Å². The SMILES string of the molecule is O=C(c1ccncc1)C1CNCCO1. The van der Waals surface area contributed by atoms with E-state index in [4.69, 9.17) is 4.74 Å². The summed E-state index contributed by atoms with van der Waals surface area (Å²) in [5.41, 5.74) is 0.661. The number of ether oxygens (including phenoxy) is 1. The van der Waals surface area contributed by atoms with Gasteiger partial charge in [0.2, 0.25) is 0 Å². The highest BCUT2D eigenvalue weighted by Gasteiger charge is 2.22. The van der Waals surface area contributed by atoms with E-state index < -0.39 is 0 Å². The quantitative estimate of drug-likeness (QED) is 0.682. The Balaban J connectivity index is 2.07. The largest absolute Gasteiger partial charge is 0.367 e. The first kappa shape index (κ1) is 9.30. The van der Waals surface area contributed by atoms with Gasteiger partial charge in [-0.1, -0.05) is 0 Å². The molecule has 1 atom stereocenters. The van der Waals surface area contributed by atoms with Crippen molar-refractivity contribution in [3.05, 3.63) is 30.1 Å². The minimum atomic E-state index is -0.342. The molecule has 0 spiro atoms. The molecule has 2 heterocycles. The topological polar surface area (TPSA) is 51.2 Å². The van der Waals surface area contributed by atoms with Crippen LogP contribution in [0.4, 0.5) is 0 Å². The fraction of sp³-hybridized carbons (Fsp3) is 0.400. The molecule has 4 nitrogen and oxygen atoms in total. The van der Waals surface area contributed by atoms with Crippen LogP contribution in [0, 0.1) is 0 Å². The molecule has 1 aliphatic rings. The van der Waals surface area contributed by atoms with Crippen LogP contribution in [-0.2, 0) is 4.74 Å². The normalized spacial score (nSPS) is 21.9. The minimum absolute atomic E-state index is 0.0274. The van der Waals surface area contributed by atoms with E-state index in [1.165, 1.54) is 0 Å². The summed E-state index contributed by atoms with van der Waals surface area (Å²) < 4.78 is 5.36. The summed E-state index contributed by atoms with van der Waals surface area (Å²) in [6.07, 6.45) is 2.89. The van der Waals surface area contributed by atoms with Crippen molar-refractivity contribution in [1.82, 2.24) is 10.3 Å². The van der Waals surface area contributed by atoms with Crippen molar-refractivity contribution >= 4 is 5.78 Å². The van der Waals surface area contributed by atoms with Crippen molar-refractivity contribution in [3.8, 4) is 0 Å². The van der Waals surface area contributed by atoms with Crippen LogP contribution in [0.15, 0.2) is 24.5 Å². The second-order valence-corrected chi connectivity index (χ2v) is 3.16. The molecule has 1 N–H and O–H groups in total. The monoisotopic (exact) mass is 192 g/mol. The van der Waals surface area contributed by atoms with Gasteiger partial charge in [0.05, 0.1) is 6.61 Å². The zero-order valence-electron chi connectivity index (χ0n) is 7.77.